The summed E-state index contributed by atoms with van der Waals surface area (Å²) in [6.07, 6.45) is 2.14. The number of benzene rings is 1. The van der Waals surface area contributed by atoms with Gasteiger partial charge in [-0.05, 0) is 57.2 Å². The first-order valence-corrected chi connectivity index (χ1v) is 8.68. The highest BCUT2D eigenvalue weighted by Gasteiger charge is 2.25. The second kappa shape index (κ2) is 7.24. The molecule has 1 atom stereocenters. The van der Waals surface area contributed by atoms with E-state index in [4.69, 9.17) is 0 Å². The van der Waals surface area contributed by atoms with Crippen LogP contribution in [0.3, 0.4) is 0 Å². The van der Waals surface area contributed by atoms with Gasteiger partial charge in [-0.1, -0.05) is 26.0 Å². The van der Waals surface area contributed by atoms with Crippen LogP contribution in [0.25, 0.3) is 0 Å². The van der Waals surface area contributed by atoms with Gasteiger partial charge in [-0.15, -0.1) is 0 Å². The zero-order valence-electron chi connectivity index (χ0n) is 15.1. The summed E-state index contributed by atoms with van der Waals surface area (Å²) in [5.74, 6) is 0.551. The summed E-state index contributed by atoms with van der Waals surface area (Å²) in [5, 5.41) is 6.63. The highest BCUT2D eigenvalue weighted by Crippen LogP contribution is 2.20. The highest BCUT2D eigenvalue weighted by molar-refractivity contribution is 5.75. The van der Waals surface area contributed by atoms with Gasteiger partial charge in [0.15, 0.2) is 0 Å². The van der Waals surface area contributed by atoms with Crippen LogP contribution in [0.5, 0.6) is 0 Å². The Balaban J connectivity index is 1.92. The number of rotatable bonds is 3. The second-order valence-corrected chi connectivity index (χ2v) is 7.89. The Morgan fingerprint density at radius 2 is 1.87 bits per heavy atom. The summed E-state index contributed by atoms with van der Waals surface area (Å²) in [6, 6.07) is 9.01. The zero-order chi connectivity index (χ0) is 17.0. The molecular formula is C19H31N3O. The number of nitrogens with one attached hydrogen (secondary N) is 2. The predicted molar refractivity (Wildman–Crippen MR) is 97.0 cm³/mol. The van der Waals surface area contributed by atoms with Gasteiger partial charge in [0.25, 0.3) is 0 Å². The largest absolute Gasteiger partial charge is 0.381 e. The molecule has 23 heavy (non-hydrogen) atoms. The summed E-state index contributed by atoms with van der Waals surface area (Å²) in [6.45, 7) is 12.0. The summed E-state index contributed by atoms with van der Waals surface area (Å²) in [5.41, 5.74) is 2.30. The molecule has 2 N–H and O–H groups in total. The predicted octanol–water partition coefficient (Wildman–Crippen LogP) is 4.19. The van der Waals surface area contributed by atoms with Crippen molar-refractivity contribution in [3.05, 3.63) is 29.8 Å². The van der Waals surface area contributed by atoms with Gasteiger partial charge < -0.3 is 15.5 Å². The highest BCUT2D eigenvalue weighted by atomic mass is 16.2. The quantitative estimate of drug-likeness (QED) is 0.878. The minimum absolute atomic E-state index is 0.0409. The van der Waals surface area contributed by atoms with Gasteiger partial charge in [0.05, 0.1) is 0 Å². The van der Waals surface area contributed by atoms with Gasteiger partial charge >= 0.3 is 6.03 Å². The SMILES string of the molecule is CC(C)c1ccc(N[C@H]2CCCN(C(=O)NC(C)(C)C)C2)cc1. The molecule has 1 fully saturated rings. The lowest BCUT2D eigenvalue weighted by Gasteiger charge is -2.35. The average molecular weight is 317 g/mol. The molecule has 1 aliphatic heterocycles. The van der Waals surface area contributed by atoms with Crippen molar-refractivity contribution in [1.82, 2.24) is 10.2 Å². The number of carbonyl (C=O) groups is 1. The van der Waals surface area contributed by atoms with E-state index in [2.05, 4.69) is 48.7 Å². The van der Waals surface area contributed by atoms with Crippen molar-refractivity contribution in [2.24, 2.45) is 0 Å². The van der Waals surface area contributed by atoms with Crippen LogP contribution in [0.15, 0.2) is 24.3 Å². The Morgan fingerprint density at radius 1 is 1.22 bits per heavy atom. The van der Waals surface area contributed by atoms with Gasteiger partial charge in [0.1, 0.15) is 0 Å². The van der Waals surface area contributed by atoms with Crippen LogP contribution in [-0.4, -0.2) is 35.6 Å². The van der Waals surface area contributed by atoms with Crippen LogP contribution in [0.4, 0.5) is 10.5 Å². The number of anilines is 1. The minimum atomic E-state index is -0.190. The van der Waals surface area contributed by atoms with Crippen molar-refractivity contribution in [2.45, 2.75) is 65.0 Å². The molecule has 0 aromatic heterocycles. The number of amides is 2. The Kier molecular flexibility index (Phi) is 5.55. The van der Waals surface area contributed by atoms with Crippen LogP contribution in [0, 0.1) is 0 Å². The van der Waals surface area contributed by atoms with Gasteiger partial charge in [-0.2, -0.15) is 0 Å². The fraction of sp³-hybridized carbons (Fsp3) is 0.632. The molecule has 2 amide bonds. The molecule has 0 spiro atoms. The first-order valence-electron chi connectivity index (χ1n) is 8.68. The maximum atomic E-state index is 12.3. The smallest absolute Gasteiger partial charge is 0.317 e. The van der Waals surface area contributed by atoms with Gasteiger partial charge in [-0.25, -0.2) is 4.79 Å². The maximum Gasteiger partial charge on any atom is 0.317 e. The first kappa shape index (κ1) is 17.6. The van der Waals surface area contributed by atoms with Crippen LogP contribution >= 0.6 is 0 Å². The first-order chi connectivity index (χ1) is 10.7. The average Bonchev–Trinajstić information content (AvgIpc) is 2.46. The molecule has 1 aromatic carbocycles. The van der Waals surface area contributed by atoms with Crippen molar-refractivity contribution in [3.63, 3.8) is 0 Å². The number of likely N-dealkylation sites (tertiary alicyclic amines) is 1. The number of piperidine rings is 1. The molecule has 1 aromatic rings. The van der Waals surface area contributed by atoms with E-state index in [9.17, 15) is 4.79 Å². The molecular weight excluding hydrogens is 286 g/mol. The van der Waals surface area contributed by atoms with E-state index in [1.807, 2.05) is 25.7 Å². The van der Waals surface area contributed by atoms with Crippen molar-refractivity contribution < 1.29 is 4.79 Å². The van der Waals surface area contributed by atoms with Crippen molar-refractivity contribution in [3.8, 4) is 0 Å². The van der Waals surface area contributed by atoms with E-state index in [1.54, 1.807) is 0 Å². The molecule has 0 saturated carbocycles. The molecule has 2 rings (SSSR count). The standard InChI is InChI=1S/C19H31N3O/c1-14(2)15-8-10-16(11-9-15)20-17-7-6-12-22(13-17)18(23)21-19(3,4)5/h8-11,14,17,20H,6-7,12-13H2,1-5H3,(H,21,23)/t17-/m0/s1. The maximum absolute atomic E-state index is 12.3. The third kappa shape index (κ3) is 5.45. The molecule has 0 unspecified atom stereocenters. The molecule has 4 heteroatoms. The normalized spacial score (nSPS) is 18.9. The summed E-state index contributed by atoms with van der Waals surface area (Å²) < 4.78 is 0. The van der Waals surface area contributed by atoms with Crippen LogP contribution in [-0.2, 0) is 0 Å². The van der Waals surface area contributed by atoms with E-state index < -0.39 is 0 Å². The molecule has 1 heterocycles. The number of carbonyl (C=O) groups excluding carboxylic acids is 1. The molecule has 0 aliphatic carbocycles. The lowest BCUT2D eigenvalue weighted by atomic mass is 10.0. The lowest BCUT2D eigenvalue weighted by molar-refractivity contribution is 0.174. The van der Waals surface area contributed by atoms with Crippen molar-refractivity contribution in [1.29, 1.82) is 0 Å². The van der Waals surface area contributed by atoms with Gasteiger partial charge in [0.2, 0.25) is 0 Å². The van der Waals surface area contributed by atoms with E-state index >= 15 is 0 Å². The monoisotopic (exact) mass is 317 g/mol. The van der Waals surface area contributed by atoms with E-state index in [-0.39, 0.29) is 11.6 Å². The Hall–Kier alpha value is -1.71. The number of hydrogen-bond donors (Lipinski definition) is 2. The second-order valence-electron chi connectivity index (χ2n) is 7.89. The van der Waals surface area contributed by atoms with Gasteiger partial charge in [-0.3, -0.25) is 0 Å². The number of urea groups is 1. The molecule has 0 radical (unpaired) electrons. The third-order valence-corrected chi connectivity index (χ3v) is 4.14. The fourth-order valence-corrected chi connectivity index (χ4v) is 2.88. The molecule has 1 saturated heterocycles. The van der Waals surface area contributed by atoms with Crippen molar-refractivity contribution in [2.75, 3.05) is 18.4 Å². The molecule has 1 aliphatic rings. The van der Waals surface area contributed by atoms with Crippen LogP contribution in [0.1, 0.15) is 58.9 Å². The lowest BCUT2D eigenvalue weighted by Crippen LogP contribution is -2.53. The molecule has 0 bridgehead atoms. The van der Waals surface area contributed by atoms with Crippen LogP contribution in [0.2, 0.25) is 0 Å². The molecule has 4 nitrogen and oxygen atoms in total. The van der Waals surface area contributed by atoms with Gasteiger partial charge in [0, 0.05) is 30.4 Å². The fourth-order valence-electron chi connectivity index (χ4n) is 2.88. The van der Waals surface area contributed by atoms with Crippen molar-refractivity contribution >= 4 is 11.7 Å². The topological polar surface area (TPSA) is 44.4 Å². The Labute approximate surface area is 140 Å². The third-order valence-electron chi connectivity index (χ3n) is 4.14. The Bertz CT molecular complexity index is 516. The summed E-state index contributed by atoms with van der Waals surface area (Å²) >= 11 is 0. The molecule has 128 valence electrons. The summed E-state index contributed by atoms with van der Waals surface area (Å²) in [7, 11) is 0. The van der Waals surface area contributed by atoms with E-state index in [0.717, 1.165) is 31.6 Å². The number of hydrogen-bond acceptors (Lipinski definition) is 2. The van der Waals surface area contributed by atoms with E-state index in [0.29, 0.717) is 12.0 Å². The summed E-state index contributed by atoms with van der Waals surface area (Å²) in [4.78, 5) is 14.2. The van der Waals surface area contributed by atoms with E-state index in [1.165, 1.54) is 5.56 Å². The number of nitrogens with zero attached hydrogens (tertiary/aromatic N) is 1. The van der Waals surface area contributed by atoms with Crippen LogP contribution < -0.4 is 10.6 Å². The Morgan fingerprint density at radius 3 is 2.43 bits per heavy atom. The minimum Gasteiger partial charge on any atom is -0.381 e. The zero-order valence-corrected chi connectivity index (χ0v) is 15.1.